The molecule has 3 N–H and O–H groups in total. The summed E-state index contributed by atoms with van der Waals surface area (Å²) in [4.78, 5) is 0. The molecule has 0 saturated carbocycles. The monoisotopic (exact) mass is 308 g/mol. The summed E-state index contributed by atoms with van der Waals surface area (Å²) >= 11 is 11.9. The van der Waals surface area contributed by atoms with Crippen LogP contribution in [0.25, 0.3) is 0 Å². The predicted molar refractivity (Wildman–Crippen MR) is 83.9 cm³/mol. The highest BCUT2D eigenvalue weighted by Crippen LogP contribution is 2.18. The van der Waals surface area contributed by atoms with Crippen LogP contribution >= 0.6 is 23.2 Å². The molecule has 0 heterocycles. The van der Waals surface area contributed by atoms with Crippen molar-refractivity contribution in [1.82, 2.24) is 0 Å². The van der Waals surface area contributed by atoms with Crippen LogP contribution in [-0.2, 0) is 0 Å². The van der Waals surface area contributed by atoms with Gasteiger partial charge in [0.1, 0.15) is 0 Å². The Morgan fingerprint density at radius 3 is 2.40 bits per heavy atom. The van der Waals surface area contributed by atoms with Crippen LogP contribution in [0.2, 0.25) is 10.0 Å². The Morgan fingerprint density at radius 1 is 1.05 bits per heavy atom. The zero-order valence-electron chi connectivity index (χ0n) is 10.3. The lowest BCUT2D eigenvalue weighted by Crippen LogP contribution is -2.32. The van der Waals surface area contributed by atoms with Gasteiger partial charge in [0.15, 0.2) is 0 Å². The third kappa shape index (κ3) is 3.52. The number of nitrogens with one attached hydrogen (secondary N) is 1. The quantitative estimate of drug-likeness (QED) is 0.460. The number of nitrogens with zero attached hydrogens (tertiary/aromatic N) is 1. The van der Waals surface area contributed by atoms with Crippen molar-refractivity contribution in [2.45, 2.75) is 0 Å². The van der Waals surface area contributed by atoms with Crippen LogP contribution in [0, 0.1) is 0 Å². The van der Waals surface area contributed by atoms with E-state index >= 15 is 0 Å². The van der Waals surface area contributed by atoms with Gasteiger partial charge in [0.05, 0.1) is 16.9 Å². The summed E-state index contributed by atoms with van der Waals surface area (Å²) in [5.74, 6) is 0. The highest BCUT2D eigenvalue weighted by molar-refractivity contribution is 6.66. The zero-order valence-corrected chi connectivity index (χ0v) is 11.8. The largest absolute Gasteiger partial charge is 0.491 e. The van der Waals surface area contributed by atoms with Crippen molar-refractivity contribution in [3.05, 3.63) is 58.1 Å². The van der Waals surface area contributed by atoms with Gasteiger partial charge in [0.2, 0.25) is 0 Å². The minimum atomic E-state index is -1.73. The third-order valence-corrected chi connectivity index (χ3v) is 3.34. The van der Waals surface area contributed by atoms with Crippen molar-refractivity contribution < 1.29 is 10.0 Å². The van der Waals surface area contributed by atoms with Crippen molar-refractivity contribution in [3.8, 4) is 0 Å². The van der Waals surface area contributed by atoms with Gasteiger partial charge in [-0.15, -0.1) is 0 Å². The van der Waals surface area contributed by atoms with Crippen LogP contribution in [0.15, 0.2) is 47.6 Å². The number of benzene rings is 2. The molecule has 2 rings (SSSR count). The second-order valence-electron chi connectivity index (χ2n) is 3.97. The normalized spacial score (nSPS) is 10.8. The van der Waals surface area contributed by atoms with Crippen molar-refractivity contribution in [2.75, 3.05) is 5.43 Å². The molecule has 0 amide bonds. The molecule has 0 atom stereocenters. The zero-order chi connectivity index (χ0) is 14.5. The SMILES string of the molecule is OB(O)c1c(Cl)ccc(C=NNc2ccccc2)c1Cl. The van der Waals surface area contributed by atoms with E-state index in [9.17, 15) is 10.0 Å². The molecule has 4 nitrogen and oxygen atoms in total. The summed E-state index contributed by atoms with van der Waals surface area (Å²) < 4.78 is 0. The number of halogens is 2. The molecule has 2 aromatic carbocycles. The van der Waals surface area contributed by atoms with Gasteiger partial charge in [-0.1, -0.05) is 47.5 Å². The van der Waals surface area contributed by atoms with E-state index in [2.05, 4.69) is 10.5 Å². The predicted octanol–water partition coefficient (Wildman–Crippen LogP) is 2.12. The van der Waals surface area contributed by atoms with Crippen LogP contribution in [0.4, 0.5) is 5.69 Å². The molecular formula is C13H11BCl2N2O2. The van der Waals surface area contributed by atoms with Gasteiger partial charge in [-0.25, -0.2) is 0 Å². The Morgan fingerprint density at radius 2 is 1.75 bits per heavy atom. The summed E-state index contributed by atoms with van der Waals surface area (Å²) in [5, 5.41) is 22.9. The highest BCUT2D eigenvalue weighted by atomic mass is 35.5. The summed E-state index contributed by atoms with van der Waals surface area (Å²) in [6, 6.07) is 12.6. The van der Waals surface area contributed by atoms with Gasteiger partial charge < -0.3 is 10.0 Å². The molecule has 0 aliphatic carbocycles. The summed E-state index contributed by atoms with van der Waals surface area (Å²) in [5.41, 5.74) is 4.26. The van der Waals surface area contributed by atoms with Crippen molar-refractivity contribution in [2.24, 2.45) is 5.10 Å². The first kappa shape index (κ1) is 14.9. The van der Waals surface area contributed by atoms with Crippen molar-refractivity contribution >= 4 is 47.7 Å². The second-order valence-corrected chi connectivity index (χ2v) is 4.76. The fourth-order valence-corrected chi connectivity index (χ4v) is 2.23. The molecule has 0 saturated heterocycles. The Balaban J connectivity index is 2.20. The number of anilines is 1. The molecule has 0 aliphatic heterocycles. The third-order valence-electron chi connectivity index (χ3n) is 2.59. The van der Waals surface area contributed by atoms with E-state index in [0.717, 1.165) is 5.69 Å². The number of hydrazone groups is 1. The van der Waals surface area contributed by atoms with Gasteiger partial charge >= 0.3 is 7.12 Å². The van der Waals surface area contributed by atoms with E-state index in [-0.39, 0.29) is 15.5 Å². The first-order valence-corrected chi connectivity index (χ1v) is 6.53. The lowest BCUT2D eigenvalue weighted by atomic mass is 9.79. The Kier molecular flexibility index (Phi) is 5.03. The van der Waals surface area contributed by atoms with E-state index in [1.165, 1.54) is 12.3 Å². The molecule has 20 heavy (non-hydrogen) atoms. The molecule has 0 fully saturated rings. The van der Waals surface area contributed by atoms with Crippen LogP contribution in [0.5, 0.6) is 0 Å². The molecule has 0 radical (unpaired) electrons. The molecule has 0 unspecified atom stereocenters. The standard InChI is InChI=1S/C13H11BCl2N2O2/c15-11-7-6-9(13(16)12(11)14(19)20)8-17-18-10-4-2-1-3-5-10/h1-8,18-20H. The topological polar surface area (TPSA) is 64.8 Å². The Labute approximate surface area is 126 Å². The van der Waals surface area contributed by atoms with Gasteiger partial charge in [0, 0.05) is 16.0 Å². The van der Waals surface area contributed by atoms with E-state index in [1.807, 2.05) is 30.3 Å². The molecule has 0 bridgehead atoms. The van der Waals surface area contributed by atoms with Gasteiger partial charge in [-0.05, 0) is 18.2 Å². The van der Waals surface area contributed by atoms with Crippen LogP contribution in [-0.4, -0.2) is 23.4 Å². The minimum absolute atomic E-state index is 0.0667. The van der Waals surface area contributed by atoms with Crippen LogP contribution in [0.1, 0.15) is 5.56 Å². The average Bonchev–Trinajstić information content (AvgIpc) is 2.42. The number of rotatable bonds is 4. The van der Waals surface area contributed by atoms with Gasteiger partial charge in [-0.3, -0.25) is 5.43 Å². The van der Waals surface area contributed by atoms with Gasteiger partial charge in [0.25, 0.3) is 0 Å². The maximum Gasteiger partial charge on any atom is 0.491 e. The van der Waals surface area contributed by atoms with E-state index in [4.69, 9.17) is 23.2 Å². The second kappa shape index (κ2) is 6.77. The number of hydrogen-bond acceptors (Lipinski definition) is 4. The van der Waals surface area contributed by atoms with E-state index in [0.29, 0.717) is 5.56 Å². The minimum Gasteiger partial charge on any atom is -0.423 e. The Hall–Kier alpha value is -1.53. The van der Waals surface area contributed by atoms with Gasteiger partial charge in [-0.2, -0.15) is 5.10 Å². The molecule has 102 valence electrons. The van der Waals surface area contributed by atoms with Crippen LogP contribution < -0.4 is 10.9 Å². The smallest absolute Gasteiger partial charge is 0.423 e. The van der Waals surface area contributed by atoms with E-state index < -0.39 is 7.12 Å². The van der Waals surface area contributed by atoms with Crippen molar-refractivity contribution in [1.29, 1.82) is 0 Å². The maximum atomic E-state index is 9.24. The average molecular weight is 309 g/mol. The lowest BCUT2D eigenvalue weighted by molar-refractivity contribution is 0.426. The first-order chi connectivity index (χ1) is 9.59. The molecule has 2 aromatic rings. The highest BCUT2D eigenvalue weighted by Gasteiger charge is 2.20. The summed E-state index contributed by atoms with van der Waals surface area (Å²) in [6.45, 7) is 0. The maximum absolute atomic E-state index is 9.24. The molecule has 7 heteroatoms. The molecular weight excluding hydrogens is 298 g/mol. The molecule has 0 aliphatic rings. The Bertz CT molecular complexity index is 621. The number of hydrogen-bond donors (Lipinski definition) is 3. The fourth-order valence-electron chi connectivity index (χ4n) is 1.61. The molecule has 0 aromatic heterocycles. The summed E-state index contributed by atoms with van der Waals surface area (Å²) in [6.07, 6.45) is 1.48. The number of para-hydroxylation sites is 1. The van der Waals surface area contributed by atoms with E-state index in [1.54, 1.807) is 6.07 Å². The lowest BCUT2D eigenvalue weighted by Gasteiger charge is -2.08. The van der Waals surface area contributed by atoms with Crippen LogP contribution in [0.3, 0.4) is 0 Å². The fraction of sp³-hybridized carbons (Fsp3) is 0. The summed E-state index contributed by atoms with van der Waals surface area (Å²) in [7, 11) is -1.73. The molecule has 0 spiro atoms. The first-order valence-electron chi connectivity index (χ1n) is 5.77. The van der Waals surface area contributed by atoms with Crippen molar-refractivity contribution in [3.63, 3.8) is 0 Å².